The maximum atomic E-state index is 5.98. The summed E-state index contributed by atoms with van der Waals surface area (Å²) in [7, 11) is -1.40. The summed E-state index contributed by atoms with van der Waals surface area (Å²) in [6.07, 6.45) is 4.35. The molecule has 0 amide bonds. The van der Waals surface area contributed by atoms with Crippen LogP contribution in [0, 0.1) is 5.92 Å². The molecular weight excluding hydrogens is 164 g/mol. The summed E-state index contributed by atoms with van der Waals surface area (Å²) in [5.41, 5.74) is 1.30. The fraction of sp³-hybridized carbons (Fsp3) is 0.600. The zero-order valence-electron chi connectivity index (χ0n) is 8.64. The topological polar surface area (TPSA) is 9.23 Å². The van der Waals surface area contributed by atoms with Gasteiger partial charge in [0, 0.05) is 5.92 Å². The molecule has 1 rings (SSSR count). The normalized spacial score (nSPS) is 23.6. The summed E-state index contributed by atoms with van der Waals surface area (Å²) in [6.45, 7) is 11.0. The van der Waals surface area contributed by atoms with Gasteiger partial charge in [0.15, 0.2) is 0 Å². The van der Waals surface area contributed by atoms with Crippen molar-refractivity contribution >= 4 is 8.32 Å². The van der Waals surface area contributed by atoms with Crippen molar-refractivity contribution in [3.05, 3.63) is 23.5 Å². The van der Waals surface area contributed by atoms with Gasteiger partial charge in [-0.05, 0) is 32.1 Å². The lowest BCUT2D eigenvalue weighted by atomic mass is 10.2. The van der Waals surface area contributed by atoms with E-state index < -0.39 is 8.32 Å². The van der Waals surface area contributed by atoms with Gasteiger partial charge in [-0.3, -0.25) is 0 Å². The van der Waals surface area contributed by atoms with Gasteiger partial charge in [0.05, 0.1) is 5.76 Å². The maximum absolute atomic E-state index is 5.98. The molecule has 0 heterocycles. The van der Waals surface area contributed by atoms with Crippen LogP contribution in [0.25, 0.3) is 0 Å². The van der Waals surface area contributed by atoms with Crippen molar-refractivity contribution in [1.82, 2.24) is 0 Å². The Bertz CT molecular complexity index is 233. The van der Waals surface area contributed by atoms with Gasteiger partial charge in [-0.2, -0.15) is 0 Å². The molecule has 0 fully saturated rings. The lowest BCUT2D eigenvalue weighted by Gasteiger charge is -2.23. The highest BCUT2D eigenvalue weighted by molar-refractivity contribution is 6.70. The van der Waals surface area contributed by atoms with Gasteiger partial charge in [-0.1, -0.05) is 19.1 Å². The third-order valence-corrected chi connectivity index (χ3v) is 2.69. The van der Waals surface area contributed by atoms with E-state index in [9.17, 15) is 0 Å². The van der Waals surface area contributed by atoms with Gasteiger partial charge in [-0.15, -0.1) is 0 Å². The fourth-order valence-corrected chi connectivity index (χ4v) is 2.33. The monoisotopic (exact) mass is 182 g/mol. The lowest BCUT2D eigenvalue weighted by molar-refractivity contribution is 0.377. The van der Waals surface area contributed by atoms with E-state index in [0.717, 1.165) is 0 Å². The van der Waals surface area contributed by atoms with Crippen LogP contribution in [0.2, 0.25) is 19.6 Å². The number of hydrogen-bond donors (Lipinski definition) is 0. The van der Waals surface area contributed by atoms with Crippen LogP contribution in [0.15, 0.2) is 23.5 Å². The molecule has 0 aromatic carbocycles. The first-order chi connectivity index (χ1) is 5.40. The molecule has 12 heavy (non-hydrogen) atoms. The maximum Gasteiger partial charge on any atom is 0.241 e. The van der Waals surface area contributed by atoms with Crippen molar-refractivity contribution in [3.63, 3.8) is 0 Å². The molecule has 0 aromatic rings. The van der Waals surface area contributed by atoms with Gasteiger partial charge in [0.1, 0.15) is 0 Å². The van der Waals surface area contributed by atoms with Crippen LogP contribution in [-0.2, 0) is 4.43 Å². The quantitative estimate of drug-likeness (QED) is 0.595. The second kappa shape index (κ2) is 3.09. The summed E-state index contributed by atoms with van der Waals surface area (Å²) in [5.74, 6) is 1.67. The van der Waals surface area contributed by atoms with Crippen LogP contribution in [0.5, 0.6) is 0 Å². The van der Waals surface area contributed by atoms with E-state index in [-0.39, 0.29) is 0 Å². The minimum absolute atomic E-state index is 0.483. The van der Waals surface area contributed by atoms with Gasteiger partial charge in [0.25, 0.3) is 0 Å². The standard InChI is InChI=1S/C10H18OSi/c1-8-6-7-9(2)10(8)11-12(3,4)5/h6-8H,1-5H3. The van der Waals surface area contributed by atoms with Gasteiger partial charge in [0.2, 0.25) is 8.32 Å². The first-order valence-corrected chi connectivity index (χ1v) is 7.89. The third kappa shape index (κ3) is 2.24. The Morgan fingerprint density at radius 2 is 1.92 bits per heavy atom. The van der Waals surface area contributed by atoms with Crippen LogP contribution in [0.3, 0.4) is 0 Å². The number of hydrogen-bond acceptors (Lipinski definition) is 1. The smallest absolute Gasteiger partial charge is 0.241 e. The van der Waals surface area contributed by atoms with Crippen LogP contribution >= 0.6 is 0 Å². The van der Waals surface area contributed by atoms with E-state index >= 15 is 0 Å². The molecule has 0 radical (unpaired) electrons. The Labute approximate surface area is 76.3 Å². The van der Waals surface area contributed by atoms with Crippen LogP contribution < -0.4 is 0 Å². The molecule has 1 aliphatic rings. The van der Waals surface area contributed by atoms with Crippen molar-refractivity contribution in [1.29, 1.82) is 0 Å². The summed E-state index contributed by atoms with van der Waals surface area (Å²) in [5, 5.41) is 0. The Hall–Kier alpha value is -0.503. The molecule has 1 nitrogen and oxygen atoms in total. The average Bonchev–Trinajstić information content (AvgIpc) is 2.16. The Balaban J connectivity index is 2.72. The van der Waals surface area contributed by atoms with E-state index in [1.807, 2.05) is 0 Å². The average molecular weight is 182 g/mol. The first kappa shape index (κ1) is 9.58. The second-order valence-corrected chi connectivity index (χ2v) is 8.84. The highest BCUT2D eigenvalue weighted by Gasteiger charge is 2.23. The van der Waals surface area contributed by atoms with Crippen molar-refractivity contribution in [2.75, 3.05) is 0 Å². The van der Waals surface area contributed by atoms with Crippen LogP contribution in [0.4, 0.5) is 0 Å². The highest BCUT2D eigenvalue weighted by Crippen LogP contribution is 2.28. The molecule has 0 N–H and O–H groups in total. The van der Waals surface area contributed by atoms with Crippen LogP contribution in [-0.4, -0.2) is 8.32 Å². The second-order valence-electron chi connectivity index (χ2n) is 4.41. The molecule has 1 atom stereocenters. The van der Waals surface area contributed by atoms with Gasteiger partial charge >= 0.3 is 0 Å². The molecule has 1 unspecified atom stereocenters. The highest BCUT2D eigenvalue weighted by atomic mass is 28.4. The molecule has 0 saturated carbocycles. The Kier molecular flexibility index (Phi) is 2.47. The van der Waals surface area contributed by atoms with E-state index in [4.69, 9.17) is 4.43 Å². The van der Waals surface area contributed by atoms with Gasteiger partial charge in [-0.25, -0.2) is 0 Å². The minimum atomic E-state index is -1.40. The Morgan fingerprint density at radius 3 is 2.25 bits per heavy atom. The Morgan fingerprint density at radius 1 is 1.33 bits per heavy atom. The molecule has 2 heteroatoms. The van der Waals surface area contributed by atoms with Crippen molar-refractivity contribution in [2.45, 2.75) is 33.5 Å². The lowest BCUT2D eigenvalue weighted by Crippen LogP contribution is -2.26. The van der Waals surface area contributed by atoms with Gasteiger partial charge < -0.3 is 4.43 Å². The van der Waals surface area contributed by atoms with Crippen molar-refractivity contribution in [3.8, 4) is 0 Å². The fourth-order valence-electron chi connectivity index (χ4n) is 1.32. The predicted molar refractivity (Wildman–Crippen MR) is 55.4 cm³/mol. The SMILES string of the molecule is CC1=C(O[Si](C)(C)C)C(C)C=C1. The molecule has 0 bridgehead atoms. The van der Waals surface area contributed by atoms with Crippen LogP contribution in [0.1, 0.15) is 13.8 Å². The minimum Gasteiger partial charge on any atom is -0.547 e. The molecule has 68 valence electrons. The molecule has 0 aromatic heterocycles. The zero-order chi connectivity index (χ0) is 9.35. The summed E-state index contributed by atoms with van der Waals surface area (Å²) >= 11 is 0. The summed E-state index contributed by atoms with van der Waals surface area (Å²) in [4.78, 5) is 0. The van der Waals surface area contributed by atoms with E-state index in [1.165, 1.54) is 11.3 Å². The van der Waals surface area contributed by atoms with E-state index in [2.05, 4.69) is 45.6 Å². The summed E-state index contributed by atoms with van der Waals surface area (Å²) in [6, 6.07) is 0. The van der Waals surface area contributed by atoms with E-state index in [0.29, 0.717) is 5.92 Å². The molecule has 0 aliphatic heterocycles. The molecule has 0 saturated heterocycles. The van der Waals surface area contributed by atoms with E-state index in [1.54, 1.807) is 0 Å². The molecule has 1 aliphatic carbocycles. The number of rotatable bonds is 2. The largest absolute Gasteiger partial charge is 0.547 e. The summed E-state index contributed by atoms with van der Waals surface area (Å²) < 4.78 is 5.98. The number of allylic oxidation sites excluding steroid dienone is 3. The zero-order valence-corrected chi connectivity index (χ0v) is 9.64. The molecule has 0 spiro atoms. The third-order valence-electron chi connectivity index (χ3n) is 1.85. The van der Waals surface area contributed by atoms with Crippen molar-refractivity contribution in [2.24, 2.45) is 5.92 Å². The van der Waals surface area contributed by atoms with Crippen molar-refractivity contribution < 1.29 is 4.43 Å². The molecular formula is C10H18OSi. The predicted octanol–water partition coefficient (Wildman–Crippen LogP) is 3.32. The first-order valence-electron chi connectivity index (χ1n) is 4.48.